The summed E-state index contributed by atoms with van der Waals surface area (Å²) in [6.07, 6.45) is 0.934. The Bertz CT molecular complexity index is 604. The third-order valence-electron chi connectivity index (χ3n) is 3.46. The fourth-order valence-corrected chi connectivity index (χ4v) is 2.46. The van der Waals surface area contributed by atoms with Gasteiger partial charge in [0.1, 0.15) is 5.75 Å². The van der Waals surface area contributed by atoms with Gasteiger partial charge in [-0.25, -0.2) is 0 Å². The van der Waals surface area contributed by atoms with Crippen molar-refractivity contribution >= 4 is 5.78 Å². The molecule has 2 aromatic carbocycles. The average Bonchev–Trinajstić information content (AvgIpc) is 2.47. The first-order chi connectivity index (χ1) is 9.25. The first-order valence-electron chi connectivity index (χ1n) is 6.31. The molecule has 0 bridgehead atoms. The van der Waals surface area contributed by atoms with E-state index in [1.165, 1.54) is 17.7 Å². The van der Waals surface area contributed by atoms with E-state index in [1.807, 2.05) is 18.2 Å². The van der Waals surface area contributed by atoms with Crippen molar-refractivity contribution in [2.24, 2.45) is 0 Å². The fourth-order valence-electron chi connectivity index (χ4n) is 2.46. The summed E-state index contributed by atoms with van der Waals surface area (Å²) < 4.78 is 0. The van der Waals surface area contributed by atoms with Gasteiger partial charge < -0.3 is 10.4 Å². The highest BCUT2D eigenvalue weighted by molar-refractivity contribution is 6.01. The Kier molecular flexibility index (Phi) is 3.05. The molecule has 0 saturated carbocycles. The minimum absolute atomic E-state index is 0.0283. The van der Waals surface area contributed by atoms with Crippen LogP contribution >= 0.6 is 0 Å². The number of phenols is 1. The summed E-state index contributed by atoms with van der Waals surface area (Å²) in [7, 11) is 0. The van der Waals surface area contributed by atoms with E-state index < -0.39 is 0 Å². The van der Waals surface area contributed by atoms with Crippen molar-refractivity contribution in [1.29, 1.82) is 0 Å². The first-order valence-corrected chi connectivity index (χ1v) is 6.31. The number of aromatic hydroxyl groups is 1. The van der Waals surface area contributed by atoms with E-state index in [0.717, 1.165) is 18.5 Å². The molecule has 3 nitrogen and oxygen atoms in total. The number of carbonyl (C=O) groups is 1. The molecule has 2 aromatic rings. The Morgan fingerprint density at radius 1 is 1.26 bits per heavy atom. The van der Waals surface area contributed by atoms with Crippen LogP contribution in [0.3, 0.4) is 0 Å². The second kappa shape index (κ2) is 4.86. The summed E-state index contributed by atoms with van der Waals surface area (Å²) in [4.78, 5) is 12.5. The predicted molar refractivity (Wildman–Crippen MR) is 72.2 cm³/mol. The van der Waals surface area contributed by atoms with E-state index in [1.54, 1.807) is 12.1 Å². The van der Waals surface area contributed by atoms with Crippen LogP contribution in [0.1, 0.15) is 27.5 Å². The molecule has 1 heterocycles. The smallest absolute Gasteiger partial charge is 0.184 e. The minimum Gasteiger partial charge on any atom is -0.508 e. The number of fused-ring (bicyclic) bond motifs is 1. The van der Waals surface area contributed by atoms with E-state index >= 15 is 0 Å². The van der Waals surface area contributed by atoms with E-state index in [4.69, 9.17) is 0 Å². The van der Waals surface area contributed by atoms with Gasteiger partial charge in [0.25, 0.3) is 0 Å². The van der Waals surface area contributed by atoms with Crippen molar-refractivity contribution in [2.75, 3.05) is 6.54 Å². The Morgan fingerprint density at radius 3 is 2.84 bits per heavy atom. The molecule has 1 aliphatic rings. The molecular formula is C16H14NO2. The molecule has 0 saturated heterocycles. The molecule has 0 aliphatic carbocycles. The van der Waals surface area contributed by atoms with Crippen LogP contribution < -0.4 is 5.32 Å². The molecule has 0 fully saturated rings. The molecule has 1 radical (unpaired) electrons. The first kappa shape index (κ1) is 11.9. The number of hydrogen-bond donors (Lipinski definition) is 2. The Balaban J connectivity index is 1.95. The maximum absolute atomic E-state index is 12.5. The molecule has 3 heteroatoms. The van der Waals surface area contributed by atoms with Gasteiger partial charge in [-0.3, -0.25) is 4.79 Å². The quantitative estimate of drug-likeness (QED) is 0.806. The molecule has 0 aromatic heterocycles. The van der Waals surface area contributed by atoms with E-state index in [-0.39, 0.29) is 17.6 Å². The van der Waals surface area contributed by atoms with Crippen LogP contribution in [-0.4, -0.2) is 17.4 Å². The second-order valence-electron chi connectivity index (χ2n) is 4.67. The van der Waals surface area contributed by atoms with Gasteiger partial charge in [0.15, 0.2) is 5.78 Å². The van der Waals surface area contributed by atoms with Crippen LogP contribution in [-0.2, 0) is 6.42 Å². The topological polar surface area (TPSA) is 49.3 Å². The average molecular weight is 252 g/mol. The maximum atomic E-state index is 12.5. The number of carbonyl (C=O) groups excluding carboxylic acids is 1. The highest BCUT2D eigenvalue weighted by Crippen LogP contribution is 2.26. The fraction of sp³-hybridized carbons (Fsp3) is 0.188. The molecule has 0 spiro atoms. The van der Waals surface area contributed by atoms with Gasteiger partial charge >= 0.3 is 0 Å². The summed E-state index contributed by atoms with van der Waals surface area (Å²) >= 11 is 0. The van der Waals surface area contributed by atoms with Gasteiger partial charge in [-0.2, -0.15) is 0 Å². The van der Waals surface area contributed by atoms with Crippen molar-refractivity contribution in [3.63, 3.8) is 0 Å². The van der Waals surface area contributed by atoms with Crippen molar-refractivity contribution in [1.82, 2.24) is 5.32 Å². The monoisotopic (exact) mass is 252 g/mol. The van der Waals surface area contributed by atoms with Crippen LogP contribution in [0.4, 0.5) is 0 Å². The molecule has 0 amide bonds. The zero-order valence-electron chi connectivity index (χ0n) is 10.4. The van der Waals surface area contributed by atoms with Gasteiger partial charge in [-0.05, 0) is 53.9 Å². The van der Waals surface area contributed by atoms with Crippen LogP contribution in [0.15, 0.2) is 42.5 Å². The molecule has 3 rings (SSSR count). The van der Waals surface area contributed by atoms with E-state index in [2.05, 4.69) is 11.4 Å². The number of nitrogens with one attached hydrogen (secondary N) is 1. The normalized spacial score (nSPS) is 17.8. The van der Waals surface area contributed by atoms with Crippen LogP contribution in [0, 0.1) is 6.07 Å². The number of rotatable bonds is 2. The number of benzene rings is 2. The zero-order valence-corrected chi connectivity index (χ0v) is 10.4. The molecule has 95 valence electrons. The van der Waals surface area contributed by atoms with E-state index in [0.29, 0.717) is 5.56 Å². The molecule has 1 atom stereocenters. The second-order valence-corrected chi connectivity index (χ2v) is 4.67. The largest absolute Gasteiger partial charge is 0.508 e. The lowest BCUT2D eigenvalue weighted by atomic mass is 9.89. The Hall–Kier alpha value is -2.13. The highest BCUT2D eigenvalue weighted by Gasteiger charge is 2.26. The summed E-state index contributed by atoms with van der Waals surface area (Å²) in [5.41, 5.74) is 2.81. The van der Waals surface area contributed by atoms with Gasteiger partial charge in [0.05, 0.1) is 6.04 Å². The highest BCUT2D eigenvalue weighted by atomic mass is 16.3. The summed E-state index contributed by atoms with van der Waals surface area (Å²) in [6.45, 7) is 0.797. The lowest BCUT2D eigenvalue weighted by Crippen LogP contribution is -2.35. The van der Waals surface area contributed by atoms with Crippen LogP contribution in [0.25, 0.3) is 0 Å². The third-order valence-corrected chi connectivity index (χ3v) is 3.46. The van der Waals surface area contributed by atoms with Crippen molar-refractivity contribution < 1.29 is 9.90 Å². The van der Waals surface area contributed by atoms with Crippen molar-refractivity contribution in [2.45, 2.75) is 12.5 Å². The number of phenolic OH excluding ortho intramolecular Hbond substituents is 1. The summed E-state index contributed by atoms with van der Waals surface area (Å²) in [5, 5.41) is 12.5. The Morgan fingerprint density at radius 2 is 2.05 bits per heavy atom. The third kappa shape index (κ3) is 2.25. The van der Waals surface area contributed by atoms with Crippen molar-refractivity contribution in [3.05, 3.63) is 65.2 Å². The maximum Gasteiger partial charge on any atom is 0.184 e. The van der Waals surface area contributed by atoms with Crippen molar-refractivity contribution in [3.8, 4) is 5.75 Å². The minimum atomic E-state index is -0.314. The SMILES string of the molecule is O=C(c1ccc(O)cc1)C1NCCc2cc[c]cc21. The number of hydrogen-bond acceptors (Lipinski definition) is 3. The summed E-state index contributed by atoms with van der Waals surface area (Å²) in [5.74, 6) is 0.197. The van der Waals surface area contributed by atoms with Crippen LogP contribution in [0.5, 0.6) is 5.75 Å². The lowest BCUT2D eigenvalue weighted by molar-refractivity contribution is 0.0939. The standard InChI is InChI=1S/C16H14NO2/c18-13-7-5-12(6-8-13)16(19)15-14-4-2-1-3-11(14)9-10-17-15/h1,3-8,15,17-18H,9-10H2. The molecular weight excluding hydrogens is 238 g/mol. The van der Waals surface area contributed by atoms with Gasteiger partial charge in [0.2, 0.25) is 0 Å². The van der Waals surface area contributed by atoms with Gasteiger partial charge in [-0.1, -0.05) is 12.1 Å². The molecule has 19 heavy (non-hydrogen) atoms. The molecule has 2 N–H and O–H groups in total. The van der Waals surface area contributed by atoms with E-state index in [9.17, 15) is 9.90 Å². The Labute approximate surface area is 111 Å². The molecule has 1 aliphatic heterocycles. The molecule has 1 unspecified atom stereocenters. The van der Waals surface area contributed by atoms with Gasteiger partial charge in [-0.15, -0.1) is 0 Å². The zero-order chi connectivity index (χ0) is 13.2. The lowest BCUT2D eigenvalue weighted by Gasteiger charge is -2.25. The van der Waals surface area contributed by atoms with Crippen LogP contribution in [0.2, 0.25) is 0 Å². The number of ketones is 1. The predicted octanol–water partition coefficient (Wildman–Crippen LogP) is 2.26. The van der Waals surface area contributed by atoms with Gasteiger partial charge in [0, 0.05) is 12.1 Å². The number of Topliss-reactive ketones (excluding diaryl/α,β-unsaturated/α-hetero) is 1. The summed E-state index contributed by atoms with van der Waals surface area (Å²) in [6, 6.07) is 14.9.